The van der Waals surface area contributed by atoms with Crippen LogP contribution in [0.4, 0.5) is 0 Å². The summed E-state index contributed by atoms with van der Waals surface area (Å²) in [4.78, 5) is 0. The van der Waals surface area contributed by atoms with Crippen molar-refractivity contribution in [1.82, 2.24) is 0 Å². The maximum absolute atomic E-state index is 11.1. The molecule has 0 aliphatic rings. The van der Waals surface area contributed by atoms with Crippen LogP contribution in [-0.2, 0) is 25.7 Å². The van der Waals surface area contributed by atoms with Gasteiger partial charge in [0.25, 0.3) is 0 Å². The van der Waals surface area contributed by atoms with Crippen molar-refractivity contribution in [2.75, 3.05) is 0 Å². The van der Waals surface area contributed by atoms with Gasteiger partial charge >= 0.3 is 0 Å². The molecule has 24 heavy (non-hydrogen) atoms. The quantitative estimate of drug-likeness (QED) is 0.582. The highest BCUT2D eigenvalue weighted by Gasteiger charge is 2.25. The standard InChI is InChI=1S/C22H38O2/c1-13(2)9-17-18(10-14(3)4)22(24)20(12-16(7)8)19(21(17)23)11-15(5)6/h13-16,23-24H,9-12H2,1-8H3. The van der Waals surface area contributed by atoms with Crippen molar-refractivity contribution in [3.8, 4) is 11.5 Å². The molecule has 0 aliphatic carbocycles. The van der Waals surface area contributed by atoms with E-state index < -0.39 is 0 Å². The Balaban J connectivity index is 3.64. The van der Waals surface area contributed by atoms with Crippen LogP contribution >= 0.6 is 0 Å². The van der Waals surface area contributed by atoms with Gasteiger partial charge in [-0.1, -0.05) is 55.4 Å². The van der Waals surface area contributed by atoms with Crippen LogP contribution in [0.2, 0.25) is 0 Å². The van der Waals surface area contributed by atoms with Crippen molar-refractivity contribution < 1.29 is 10.2 Å². The lowest BCUT2D eigenvalue weighted by atomic mass is 9.82. The molecule has 0 heterocycles. The number of aromatic hydroxyl groups is 2. The second-order valence-electron chi connectivity index (χ2n) is 9.00. The van der Waals surface area contributed by atoms with Crippen LogP contribution in [0.3, 0.4) is 0 Å². The van der Waals surface area contributed by atoms with Gasteiger partial charge in [0, 0.05) is 22.3 Å². The summed E-state index contributed by atoms with van der Waals surface area (Å²) in [5, 5.41) is 22.2. The van der Waals surface area contributed by atoms with E-state index in [4.69, 9.17) is 0 Å². The SMILES string of the molecule is CC(C)Cc1c(O)c(CC(C)C)c(CC(C)C)c(O)c1CC(C)C. The third-order valence-corrected chi connectivity index (χ3v) is 4.32. The molecule has 2 N–H and O–H groups in total. The Morgan fingerprint density at radius 3 is 0.750 bits per heavy atom. The molecule has 0 radical (unpaired) electrons. The Kier molecular flexibility index (Phi) is 7.63. The summed E-state index contributed by atoms with van der Waals surface area (Å²) in [6, 6.07) is 0. The van der Waals surface area contributed by atoms with Crippen LogP contribution < -0.4 is 0 Å². The fourth-order valence-corrected chi connectivity index (χ4v) is 3.45. The van der Waals surface area contributed by atoms with Gasteiger partial charge in [-0.3, -0.25) is 0 Å². The first-order valence-corrected chi connectivity index (χ1v) is 9.61. The molecule has 0 saturated heterocycles. The number of hydrogen-bond acceptors (Lipinski definition) is 2. The zero-order valence-corrected chi connectivity index (χ0v) is 17.0. The maximum atomic E-state index is 11.1. The van der Waals surface area contributed by atoms with E-state index in [1.807, 2.05) is 0 Å². The van der Waals surface area contributed by atoms with E-state index in [9.17, 15) is 10.2 Å². The second-order valence-corrected chi connectivity index (χ2v) is 9.00. The van der Waals surface area contributed by atoms with Gasteiger partial charge < -0.3 is 10.2 Å². The van der Waals surface area contributed by atoms with Crippen LogP contribution in [0.25, 0.3) is 0 Å². The number of benzene rings is 1. The average Bonchev–Trinajstić information content (AvgIpc) is 2.42. The number of phenolic OH excluding ortho intramolecular Hbond substituents is 2. The Morgan fingerprint density at radius 2 is 0.625 bits per heavy atom. The number of phenols is 2. The van der Waals surface area contributed by atoms with E-state index in [1.165, 1.54) is 0 Å². The molecule has 2 heteroatoms. The minimum atomic E-state index is 0.446. The molecule has 1 aromatic carbocycles. The minimum absolute atomic E-state index is 0.446. The van der Waals surface area contributed by atoms with Gasteiger partial charge in [0.1, 0.15) is 11.5 Å². The van der Waals surface area contributed by atoms with Gasteiger partial charge in [-0.2, -0.15) is 0 Å². The Morgan fingerprint density at radius 1 is 0.458 bits per heavy atom. The molecule has 0 fully saturated rings. The first-order valence-electron chi connectivity index (χ1n) is 9.61. The highest BCUT2D eigenvalue weighted by atomic mass is 16.3. The lowest BCUT2D eigenvalue weighted by molar-refractivity contribution is 0.419. The molecule has 0 aliphatic heterocycles. The molecule has 138 valence electrons. The summed E-state index contributed by atoms with van der Waals surface area (Å²) in [5.41, 5.74) is 3.89. The molecule has 1 rings (SSSR count). The lowest BCUT2D eigenvalue weighted by Gasteiger charge is -2.25. The summed E-state index contributed by atoms with van der Waals surface area (Å²) in [7, 11) is 0. The van der Waals surface area contributed by atoms with Crippen LogP contribution in [0, 0.1) is 23.7 Å². The summed E-state index contributed by atoms with van der Waals surface area (Å²) in [6.45, 7) is 17.3. The highest BCUT2D eigenvalue weighted by molar-refractivity contribution is 5.59. The van der Waals surface area contributed by atoms with E-state index in [-0.39, 0.29) is 0 Å². The molecular formula is C22H38O2. The molecule has 0 aromatic heterocycles. The molecule has 0 unspecified atom stereocenters. The molecule has 2 nitrogen and oxygen atoms in total. The van der Waals surface area contributed by atoms with Crippen molar-refractivity contribution in [1.29, 1.82) is 0 Å². The lowest BCUT2D eigenvalue weighted by Crippen LogP contribution is -2.11. The predicted octanol–water partition coefficient (Wildman–Crippen LogP) is 5.89. The van der Waals surface area contributed by atoms with E-state index in [0.717, 1.165) is 47.9 Å². The highest BCUT2D eigenvalue weighted by Crippen LogP contribution is 2.42. The van der Waals surface area contributed by atoms with Crippen molar-refractivity contribution in [2.45, 2.75) is 81.1 Å². The Bertz CT molecular complexity index is 445. The zero-order valence-electron chi connectivity index (χ0n) is 17.0. The fraction of sp³-hybridized carbons (Fsp3) is 0.727. The van der Waals surface area contributed by atoms with E-state index >= 15 is 0 Å². The van der Waals surface area contributed by atoms with Gasteiger partial charge in [0.2, 0.25) is 0 Å². The first kappa shape index (κ1) is 20.9. The first-order chi connectivity index (χ1) is 11.0. The molecule has 0 atom stereocenters. The van der Waals surface area contributed by atoms with E-state index in [1.54, 1.807) is 0 Å². The van der Waals surface area contributed by atoms with Gasteiger partial charge in [-0.05, 0) is 49.4 Å². The summed E-state index contributed by atoms with van der Waals surface area (Å²) in [6.07, 6.45) is 3.26. The topological polar surface area (TPSA) is 40.5 Å². The normalized spacial score (nSPS) is 12.2. The van der Waals surface area contributed by atoms with Gasteiger partial charge in [0.05, 0.1) is 0 Å². The maximum Gasteiger partial charge on any atom is 0.122 e. The summed E-state index contributed by atoms with van der Waals surface area (Å²) in [5.74, 6) is 2.68. The molecule has 0 spiro atoms. The molecule has 0 amide bonds. The predicted molar refractivity (Wildman–Crippen MR) is 104 cm³/mol. The van der Waals surface area contributed by atoms with Gasteiger partial charge in [-0.25, -0.2) is 0 Å². The summed E-state index contributed by atoms with van der Waals surface area (Å²) >= 11 is 0. The van der Waals surface area contributed by atoms with Gasteiger partial charge in [0.15, 0.2) is 0 Å². The van der Waals surface area contributed by atoms with Crippen molar-refractivity contribution in [2.24, 2.45) is 23.7 Å². The zero-order chi connectivity index (χ0) is 18.6. The third-order valence-electron chi connectivity index (χ3n) is 4.32. The van der Waals surface area contributed by atoms with Crippen molar-refractivity contribution in [3.05, 3.63) is 22.3 Å². The van der Waals surface area contributed by atoms with Crippen molar-refractivity contribution in [3.63, 3.8) is 0 Å². The second kappa shape index (κ2) is 8.78. The molecular weight excluding hydrogens is 296 g/mol. The number of rotatable bonds is 8. The minimum Gasteiger partial charge on any atom is -0.507 e. The largest absolute Gasteiger partial charge is 0.507 e. The van der Waals surface area contributed by atoms with Crippen LogP contribution in [-0.4, -0.2) is 10.2 Å². The van der Waals surface area contributed by atoms with Crippen LogP contribution in [0.1, 0.15) is 77.6 Å². The monoisotopic (exact) mass is 334 g/mol. The fourth-order valence-electron chi connectivity index (χ4n) is 3.45. The third kappa shape index (κ3) is 5.43. The van der Waals surface area contributed by atoms with E-state index in [2.05, 4.69) is 55.4 Å². The van der Waals surface area contributed by atoms with Gasteiger partial charge in [-0.15, -0.1) is 0 Å². The number of hydrogen-bond donors (Lipinski definition) is 2. The van der Waals surface area contributed by atoms with Crippen molar-refractivity contribution >= 4 is 0 Å². The van der Waals surface area contributed by atoms with Crippen LogP contribution in [0.15, 0.2) is 0 Å². The average molecular weight is 335 g/mol. The van der Waals surface area contributed by atoms with E-state index in [0.29, 0.717) is 35.2 Å². The molecule has 1 aromatic rings. The summed E-state index contributed by atoms with van der Waals surface area (Å²) < 4.78 is 0. The van der Waals surface area contributed by atoms with Crippen LogP contribution in [0.5, 0.6) is 11.5 Å². The Hall–Kier alpha value is -1.18. The molecule has 0 saturated carbocycles. The molecule has 0 bridgehead atoms. The Labute approximate surface area is 149 Å². The smallest absolute Gasteiger partial charge is 0.122 e.